The van der Waals surface area contributed by atoms with Crippen molar-refractivity contribution in [3.05, 3.63) is 71.8 Å². The average molecular weight is 574 g/mol. The van der Waals surface area contributed by atoms with Crippen LogP contribution in [0.25, 0.3) is 0 Å². The van der Waals surface area contributed by atoms with Crippen LogP contribution in [0.3, 0.4) is 0 Å². The third-order valence-corrected chi connectivity index (χ3v) is 6.93. The van der Waals surface area contributed by atoms with Crippen molar-refractivity contribution in [2.24, 2.45) is 0 Å². The lowest BCUT2D eigenvalue weighted by Crippen LogP contribution is -2.61. The fourth-order valence-electron chi connectivity index (χ4n) is 4.58. The molecule has 2 aromatic carbocycles. The molecule has 0 saturated carbocycles. The molecular weight excluding hydrogens is 530 g/mol. The second-order valence-corrected chi connectivity index (χ2v) is 10.2. The van der Waals surface area contributed by atoms with Gasteiger partial charge in [-0.15, -0.1) is 0 Å². The normalized spacial score (nSPS) is 23.0. The number of benzene rings is 2. The average Bonchev–Trinajstić information content (AvgIpc) is 2.99. The SMILES string of the molecule is CCCCCCCCO[C@@H]1O[C@H](CO)[C@@H](O)[C@H](OC(=O)[C@H](Cc2ccccc2)NC(=O)OCc2ccccc2)[C@H]1O. The summed E-state index contributed by atoms with van der Waals surface area (Å²) in [4.78, 5) is 26.0. The van der Waals surface area contributed by atoms with E-state index in [4.69, 9.17) is 18.9 Å². The number of nitrogens with one attached hydrogen (secondary N) is 1. The van der Waals surface area contributed by atoms with Gasteiger partial charge in [0.25, 0.3) is 0 Å². The van der Waals surface area contributed by atoms with Gasteiger partial charge in [-0.2, -0.15) is 0 Å². The number of hydrogen-bond donors (Lipinski definition) is 4. The summed E-state index contributed by atoms with van der Waals surface area (Å²) in [6, 6.07) is 16.9. The molecule has 0 radical (unpaired) electrons. The lowest BCUT2D eigenvalue weighted by molar-refractivity contribution is -0.303. The second-order valence-electron chi connectivity index (χ2n) is 10.2. The molecule has 10 heteroatoms. The van der Waals surface area contributed by atoms with Gasteiger partial charge in [-0.05, 0) is 17.5 Å². The zero-order valence-electron chi connectivity index (χ0n) is 23.6. The van der Waals surface area contributed by atoms with E-state index in [-0.39, 0.29) is 13.0 Å². The number of carbonyl (C=O) groups excluding carboxylic acids is 2. The minimum absolute atomic E-state index is 0.00692. The van der Waals surface area contributed by atoms with Gasteiger partial charge in [-0.1, -0.05) is 99.7 Å². The van der Waals surface area contributed by atoms with E-state index >= 15 is 0 Å². The van der Waals surface area contributed by atoms with Crippen LogP contribution < -0.4 is 5.32 Å². The highest BCUT2D eigenvalue weighted by atomic mass is 16.7. The zero-order chi connectivity index (χ0) is 29.5. The number of carbonyl (C=O) groups is 2. The van der Waals surface area contributed by atoms with E-state index < -0.39 is 55.4 Å². The van der Waals surface area contributed by atoms with Crippen molar-refractivity contribution in [2.45, 2.75) is 95.2 Å². The minimum Gasteiger partial charge on any atom is -0.455 e. The lowest BCUT2D eigenvalue weighted by atomic mass is 9.98. The summed E-state index contributed by atoms with van der Waals surface area (Å²) in [6.07, 6.45) is -1.31. The van der Waals surface area contributed by atoms with Gasteiger partial charge in [-0.3, -0.25) is 0 Å². The largest absolute Gasteiger partial charge is 0.455 e. The molecule has 6 atom stereocenters. The number of hydrogen-bond acceptors (Lipinski definition) is 9. The molecule has 10 nitrogen and oxygen atoms in total. The first-order valence-corrected chi connectivity index (χ1v) is 14.4. The van der Waals surface area contributed by atoms with Gasteiger partial charge in [0.2, 0.25) is 0 Å². The summed E-state index contributed by atoms with van der Waals surface area (Å²) in [5.41, 5.74) is 1.53. The van der Waals surface area contributed by atoms with Crippen LogP contribution in [0, 0.1) is 0 Å². The number of aliphatic hydroxyl groups is 3. The number of aliphatic hydroxyl groups excluding tert-OH is 3. The molecule has 1 fully saturated rings. The van der Waals surface area contributed by atoms with E-state index in [1.54, 1.807) is 36.4 Å². The molecule has 41 heavy (non-hydrogen) atoms. The van der Waals surface area contributed by atoms with Crippen molar-refractivity contribution in [3.8, 4) is 0 Å². The molecule has 3 rings (SSSR count). The third kappa shape index (κ3) is 10.7. The Morgan fingerprint density at radius 1 is 0.902 bits per heavy atom. The summed E-state index contributed by atoms with van der Waals surface area (Å²) in [7, 11) is 0. The number of unbranched alkanes of at least 4 members (excludes halogenated alkanes) is 5. The molecule has 0 spiro atoms. The van der Waals surface area contributed by atoms with Crippen LogP contribution in [0.2, 0.25) is 0 Å². The molecule has 4 N–H and O–H groups in total. The van der Waals surface area contributed by atoms with E-state index in [1.165, 1.54) is 6.42 Å². The number of ether oxygens (including phenoxy) is 4. The van der Waals surface area contributed by atoms with Crippen molar-refractivity contribution in [1.29, 1.82) is 0 Å². The van der Waals surface area contributed by atoms with Crippen LogP contribution in [0.5, 0.6) is 0 Å². The fraction of sp³-hybridized carbons (Fsp3) is 0.548. The van der Waals surface area contributed by atoms with E-state index in [0.29, 0.717) is 6.61 Å². The third-order valence-electron chi connectivity index (χ3n) is 6.93. The Morgan fingerprint density at radius 2 is 1.54 bits per heavy atom. The number of amides is 1. The Morgan fingerprint density at radius 3 is 2.20 bits per heavy atom. The Bertz CT molecular complexity index is 1020. The summed E-state index contributed by atoms with van der Waals surface area (Å²) < 4.78 is 22.1. The zero-order valence-corrected chi connectivity index (χ0v) is 23.6. The highest BCUT2D eigenvalue weighted by Crippen LogP contribution is 2.25. The number of alkyl carbamates (subject to hydrolysis) is 1. The van der Waals surface area contributed by atoms with Crippen LogP contribution >= 0.6 is 0 Å². The van der Waals surface area contributed by atoms with Gasteiger partial charge in [0.15, 0.2) is 12.4 Å². The number of rotatable bonds is 16. The molecular formula is C31H43NO9. The van der Waals surface area contributed by atoms with Crippen molar-refractivity contribution in [3.63, 3.8) is 0 Å². The van der Waals surface area contributed by atoms with E-state index in [0.717, 1.165) is 43.2 Å². The molecule has 1 aliphatic rings. The van der Waals surface area contributed by atoms with Gasteiger partial charge in [0.1, 0.15) is 31.0 Å². The van der Waals surface area contributed by atoms with E-state index in [9.17, 15) is 24.9 Å². The Labute approximate surface area is 241 Å². The van der Waals surface area contributed by atoms with Gasteiger partial charge < -0.3 is 39.6 Å². The van der Waals surface area contributed by atoms with E-state index in [2.05, 4.69) is 12.2 Å². The van der Waals surface area contributed by atoms with Crippen molar-refractivity contribution < 1.29 is 43.9 Å². The molecule has 226 valence electrons. The number of esters is 1. The molecule has 1 saturated heterocycles. The first kappa shape index (κ1) is 32.5. The minimum atomic E-state index is -1.52. The maximum atomic E-state index is 13.3. The molecule has 0 bridgehead atoms. The summed E-state index contributed by atoms with van der Waals surface area (Å²) in [5, 5.41) is 33.9. The van der Waals surface area contributed by atoms with Gasteiger partial charge >= 0.3 is 12.1 Å². The highest BCUT2D eigenvalue weighted by molar-refractivity contribution is 5.82. The van der Waals surface area contributed by atoms with Crippen LogP contribution in [-0.4, -0.2) is 77.3 Å². The molecule has 0 aliphatic carbocycles. The Balaban J connectivity index is 1.63. The molecule has 0 unspecified atom stereocenters. The maximum absolute atomic E-state index is 13.3. The standard InChI is InChI=1S/C31H43NO9/c1-2-3-4-5-6-13-18-38-30-27(35)28(26(34)25(20-33)40-30)41-29(36)24(19-22-14-9-7-10-15-22)32-31(37)39-21-23-16-11-8-12-17-23/h7-12,14-17,24-28,30,33-35H,2-6,13,18-21H2,1H3,(H,32,37)/t24-,25+,26+,27+,28-,30+/m0/s1. The van der Waals surface area contributed by atoms with Gasteiger partial charge in [0, 0.05) is 13.0 Å². The fourth-order valence-corrected chi connectivity index (χ4v) is 4.58. The van der Waals surface area contributed by atoms with Crippen LogP contribution in [0.1, 0.15) is 56.6 Å². The van der Waals surface area contributed by atoms with E-state index in [1.807, 2.05) is 24.3 Å². The second kappa shape index (κ2) is 17.7. The lowest BCUT2D eigenvalue weighted by Gasteiger charge is -2.41. The molecule has 1 amide bonds. The Kier molecular flexibility index (Phi) is 14.0. The topological polar surface area (TPSA) is 144 Å². The molecule has 1 heterocycles. The highest BCUT2D eigenvalue weighted by Gasteiger charge is 2.47. The maximum Gasteiger partial charge on any atom is 0.408 e. The Hall–Kier alpha value is -3.02. The quantitative estimate of drug-likeness (QED) is 0.176. The first-order valence-electron chi connectivity index (χ1n) is 14.4. The summed E-state index contributed by atoms with van der Waals surface area (Å²) in [6.45, 7) is 1.88. The smallest absolute Gasteiger partial charge is 0.408 e. The molecule has 1 aliphatic heterocycles. The van der Waals surface area contributed by atoms with Crippen LogP contribution in [-0.2, 0) is 36.8 Å². The van der Waals surface area contributed by atoms with Gasteiger partial charge in [-0.25, -0.2) is 9.59 Å². The first-order chi connectivity index (χ1) is 19.9. The summed E-state index contributed by atoms with van der Waals surface area (Å²) in [5.74, 6) is -0.887. The van der Waals surface area contributed by atoms with Gasteiger partial charge in [0.05, 0.1) is 6.61 Å². The van der Waals surface area contributed by atoms with Crippen molar-refractivity contribution in [1.82, 2.24) is 5.32 Å². The monoisotopic (exact) mass is 573 g/mol. The molecule has 0 aromatic heterocycles. The van der Waals surface area contributed by atoms with Crippen molar-refractivity contribution in [2.75, 3.05) is 13.2 Å². The van der Waals surface area contributed by atoms with Crippen LogP contribution in [0.4, 0.5) is 4.79 Å². The predicted molar refractivity (Wildman–Crippen MR) is 151 cm³/mol. The van der Waals surface area contributed by atoms with Crippen LogP contribution in [0.15, 0.2) is 60.7 Å². The predicted octanol–water partition coefficient (Wildman–Crippen LogP) is 3.25. The molecule has 2 aromatic rings. The van der Waals surface area contributed by atoms with Crippen molar-refractivity contribution >= 4 is 12.1 Å². The summed E-state index contributed by atoms with van der Waals surface area (Å²) >= 11 is 0.